The Kier molecular flexibility index (Phi) is 5.68. The molecule has 1 aromatic carbocycles. The average molecular weight is 330 g/mol. The van der Waals surface area contributed by atoms with Crippen molar-refractivity contribution in [1.82, 2.24) is 0 Å². The number of ketones is 1. The molecule has 1 rings (SSSR count). The van der Waals surface area contributed by atoms with E-state index in [9.17, 15) is 23.1 Å². The van der Waals surface area contributed by atoms with Crippen molar-refractivity contribution in [3.8, 4) is 0 Å². The lowest BCUT2D eigenvalue weighted by molar-refractivity contribution is -0.138. The predicted octanol–water partition coefficient (Wildman–Crippen LogP) is 4.52. The third-order valence-corrected chi connectivity index (χ3v) is 4.36. The molecule has 0 aliphatic carbocycles. The van der Waals surface area contributed by atoms with Gasteiger partial charge in [-0.2, -0.15) is 13.2 Å². The zero-order valence-corrected chi connectivity index (χ0v) is 14.3. The van der Waals surface area contributed by atoms with Crippen LogP contribution in [0.4, 0.5) is 13.2 Å². The summed E-state index contributed by atoms with van der Waals surface area (Å²) in [6, 6.07) is 4.14. The largest absolute Gasteiger partial charge is 0.416 e. The normalized spacial score (nSPS) is 15.3. The fourth-order valence-corrected chi connectivity index (χ4v) is 2.40. The number of aliphatic hydroxyl groups is 1. The molecular weight excluding hydrogens is 305 g/mol. The van der Waals surface area contributed by atoms with Crippen LogP contribution in [0.5, 0.6) is 0 Å². The van der Waals surface area contributed by atoms with Crippen LogP contribution in [0, 0.1) is 5.41 Å². The van der Waals surface area contributed by atoms with E-state index < -0.39 is 22.6 Å². The zero-order chi connectivity index (χ0) is 18.1. The number of carbonyl (C=O) groups is 1. The molecular formula is C18H25F3O2. The third kappa shape index (κ3) is 4.80. The SMILES string of the molecule is CC(=O)[C@@](C)(CO)CCc1ccc(C(F)(F)F)c(C(C)(C)C)c1. The van der Waals surface area contributed by atoms with Crippen molar-refractivity contribution in [1.29, 1.82) is 0 Å². The number of aryl methyl sites for hydroxylation is 1. The van der Waals surface area contributed by atoms with E-state index in [4.69, 9.17) is 0 Å². The Balaban J connectivity index is 3.15. The summed E-state index contributed by atoms with van der Waals surface area (Å²) < 4.78 is 39.5. The smallest absolute Gasteiger partial charge is 0.395 e. The molecule has 0 unspecified atom stereocenters. The highest BCUT2D eigenvalue weighted by Crippen LogP contribution is 2.38. The summed E-state index contributed by atoms with van der Waals surface area (Å²) in [7, 11) is 0. The summed E-state index contributed by atoms with van der Waals surface area (Å²) in [5, 5.41) is 9.40. The van der Waals surface area contributed by atoms with Gasteiger partial charge in [0.15, 0.2) is 0 Å². The molecule has 0 aliphatic heterocycles. The molecule has 0 aliphatic rings. The Morgan fingerprint density at radius 2 is 1.65 bits per heavy atom. The molecule has 0 fully saturated rings. The number of alkyl halides is 3. The van der Waals surface area contributed by atoms with Gasteiger partial charge in [-0.1, -0.05) is 39.8 Å². The molecule has 0 heterocycles. The molecule has 0 aromatic heterocycles. The number of hydrogen-bond acceptors (Lipinski definition) is 2. The third-order valence-electron chi connectivity index (χ3n) is 4.36. The zero-order valence-electron chi connectivity index (χ0n) is 14.3. The average Bonchev–Trinajstić information content (AvgIpc) is 2.42. The topological polar surface area (TPSA) is 37.3 Å². The van der Waals surface area contributed by atoms with Gasteiger partial charge in [0.25, 0.3) is 0 Å². The summed E-state index contributed by atoms with van der Waals surface area (Å²) in [6.45, 7) is 8.06. The summed E-state index contributed by atoms with van der Waals surface area (Å²) in [5.41, 5.74) is -1.13. The van der Waals surface area contributed by atoms with Crippen LogP contribution in [-0.4, -0.2) is 17.5 Å². The minimum atomic E-state index is -4.39. The van der Waals surface area contributed by atoms with E-state index in [1.807, 2.05) is 0 Å². The second kappa shape index (κ2) is 6.63. The van der Waals surface area contributed by atoms with E-state index >= 15 is 0 Å². The number of halogens is 3. The summed E-state index contributed by atoms with van der Waals surface area (Å²) in [4.78, 5) is 11.6. The maximum absolute atomic E-state index is 13.2. The first-order valence-corrected chi connectivity index (χ1v) is 7.64. The van der Waals surface area contributed by atoms with Crippen molar-refractivity contribution < 1.29 is 23.1 Å². The van der Waals surface area contributed by atoms with Crippen LogP contribution in [0.1, 0.15) is 57.7 Å². The monoisotopic (exact) mass is 330 g/mol. The Hall–Kier alpha value is -1.36. The van der Waals surface area contributed by atoms with E-state index in [0.717, 1.165) is 11.6 Å². The highest BCUT2D eigenvalue weighted by Gasteiger charge is 2.36. The van der Waals surface area contributed by atoms with E-state index in [1.54, 1.807) is 33.8 Å². The van der Waals surface area contributed by atoms with Crippen LogP contribution >= 0.6 is 0 Å². The highest BCUT2D eigenvalue weighted by molar-refractivity contribution is 5.82. The van der Waals surface area contributed by atoms with Crippen molar-refractivity contribution in [2.24, 2.45) is 5.41 Å². The molecule has 0 saturated carbocycles. The number of benzene rings is 1. The second-order valence-corrected chi connectivity index (χ2v) is 7.40. The maximum Gasteiger partial charge on any atom is 0.416 e. The summed E-state index contributed by atoms with van der Waals surface area (Å²) in [5.74, 6) is -0.122. The van der Waals surface area contributed by atoms with Crippen LogP contribution in [0.3, 0.4) is 0 Å². The van der Waals surface area contributed by atoms with Gasteiger partial charge in [0.1, 0.15) is 5.78 Å². The Morgan fingerprint density at radius 3 is 2.04 bits per heavy atom. The molecule has 0 radical (unpaired) electrons. The molecule has 130 valence electrons. The van der Waals surface area contributed by atoms with Gasteiger partial charge in [0, 0.05) is 5.41 Å². The molecule has 0 saturated heterocycles. The number of carbonyl (C=O) groups excluding carboxylic acids is 1. The van der Waals surface area contributed by atoms with Crippen molar-refractivity contribution >= 4 is 5.78 Å². The number of hydrogen-bond donors (Lipinski definition) is 1. The molecule has 2 nitrogen and oxygen atoms in total. The van der Waals surface area contributed by atoms with E-state index in [1.165, 1.54) is 13.0 Å². The van der Waals surface area contributed by atoms with Crippen LogP contribution in [0.15, 0.2) is 18.2 Å². The van der Waals surface area contributed by atoms with Crippen LogP contribution in [-0.2, 0) is 22.8 Å². The van der Waals surface area contributed by atoms with Gasteiger partial charge >= 0.3 is 6.18 Å². The molecule has 0 bridgehead atoms. The second-order valence-electron chi connectivity index (χ2n) is 7.40. The van der Waals surface area contributed by atoms with Crippen LogP contribution in [0.2, 0.25) is 0 Å². The van der Waals surface area contributed by atoms with Gasteiger partial charge in [-0.15, -0.1) is 0 Å². The molecule has 0 spiro atoms. The van der Waals surface area contributed by atoms with Crippen LogP contribution < -0.4 is 0 Å². The van der Waals surface area contributed by atoms with E-state index in [-0.39, 0.29) is 18.0 Å². The van der Waals surface area contributed by atoms with Gasteiger partial charge in [-0.05, 0) is 42.4 Å². The fraction of sp³-hybridized carbons (Fsp3) is 0.611. The standard InChI is InChI=1S/C18H25F3O2/c1-12(23)17(5,11-22)9-8-13-6-7-14(18(19,20)21)15(10-13)16(2,3)4/h6-7,10,22H,8-9,11H2,1-5H3/t17-/m1/s1. The molecule has 1 aromatic rings. The van der Waals surface area contributed by atoms with Crippen molar-refractivity contribution in [2.75, 3.05) is 6.61 Å². The summed E-state index contributed by atoms with van der Waals surface area (Å²) >= 11 is 0. The summed E-state index contributed by atoms with van der Waals surface area (Å²) in [6.07, 6.45) is -3.55. The highest BCUT2D eigenvalue weighted by atomic mass is 19.4. The first-order valence-electron chi connectivity index (χ1n) is 7.64. The molecule has 5 heteroatoms. The Morgan fingerprint density at radius 1 is 1.09 bits per heavy atom. The van der Waals surface area contributed by atoms with Gasteiger partial charge in [-0.3, -0.25) is 4.79 Å². The lowest BCUT2D eigenvalue weighted by atomic mass is 9.79. The number of aliphatic hydroxyl groups excluding tert-OH is 1. The minimum Gasteiger partial charge on any atom is -0.395 e. The van der Waals surface area contributed by atoms with Gasteiger partial charge in [0.2, 0.25) is 0 Å². The molecule has 1 atom stereocenters. The minimum absolute atomic E-state index is 0.122. The van der Waals surface area contributed by atoms with E-state index in [0.29, 0.717) is 12.8 Å². The maximum atomic E-state index is 13.2. The Bertz CT molecular complexity index is 571. The fourth-order valence-electron chi connectivity index (χ4n) is 2.40. The molecule has 23 heavy (non-hydrogen) atoms. The quantitative estimate of drug-likeness (QED) is 0.861. The first-order chi connectivity index (χ1) is 10.3. The van der Waals surface area contributed by atoms with E-state index in [2.05, 4.69) is 0 Å². The van der Waals surface area contributed by atoms with Gasteiger partial charge < -0.3 is 5.11 Å². The van der Waals surface area contributed by atoms with Crippen molar-refractivity contribution in [3.63, 3.8) is 0 Å². The number of Topliss-reactive ketones (excluding diaryl/α,β-unsaturated/α-hetero) is 1. The van der Waals surface area contributed by atoms with Crippen molar-refractivity contribution in [3.05, 3.63) is 34.9 Å². The van der Waals surface area contributed by atoms with Crippen LogP contribution in [0.25, 0.3) is 0 Å². The van der Waals surface area contributed by atoms with Gasteiger partial charge in [-0.25, -0.2) is 0 Å². The molecule has 1 N–H and O–H groups in total. The lowest BCUT2D eigenvalue weighted by Crippen LogP contribution is -2.30. The van der Waals surface area contributed by atoms with Crippen molar-refractivity contribution in [2.45, 2.75) is 59.1 Å². The first kappa shape index (κ1) is 19.7. The number of rotatable bonds is 5. The van der Waals surface area contributed by atoms with Gasteiger partial charge in [0.05, 0.1) is 12.2 Å². The lowest BCUT2D eigenvalue weighted by Gasteiger charge is -2.26. The molecule has 0 amide bonds. The Labute approximate surface area is 135 Å². The predicted molar refractivity (Wildman–Crippen MR) is 84.3 cm³/mol.